The molecule has 0 N–H and O–H groups in total. The van der Waals surface area contributed by atoms with Crippen LogP contribution in [0, 0.1) is 107 Å². The van der Waals surface area contributed by atoms with Crippen LogP contribution in [0.15, 0.2) is 0 Å². The first-order valence-corrected chi connectivity index (χ1v) is 17.5. The first-order valence-electron chi connectivity index (χ1n) is 5.84. The van der Waals surface area contributed by atoms with Crippen LogP contribution >= 0.6 is 62.6 Å². The fourth-order valence-corrected chi connectivity index (χ4v) is 0. The van der Waals surface area contributed by atoms with Crippen molar-refractivity contribution in [1.29, 1.82) is 0 Å². The minimum atomic E-state index is -5.39. The van der Waals surface area contributed by atoms with Gasteiger partial charge in [0.05, 0.1) is 0 Å². The van der Waals surface area contributed by atoms with E-state index in [1.54, 1.807) is 0 Å². The molecule has 0 aromatic heterocycles. The molecule has 0 aromatic rings. The number of hydrogen-bond donors (Lipinski definition) is 0. The van der Waals surface area contributed by atoms with E-state index in [9.17, 15) is 0 Å². The van der Waals surface area contributed by atoms with Crippen molar-refractivity contribution < 1.29 is 382 Å². The van der Waals surface area contributed by atoms with E-state index in [1.165, 1.54) is 0 Å². The van der Waals surface area contributed by atoms with E-state index in [4.69, 9.17) is 154 Å². The van der Waals surface area contributed by atoms with E-state index in [0.29, 0.717) is 0 Å². The van der Waals surface area contributed by atoms with Gasteiger partial charge < -0.3 is 154 Å². The summed E-state index contributed by atoms with van der Waals surface area (Å²) in [4.78, 5) is 205. The molecule has 0 rings (SSSR count). The Hall–Kier alpha value is 8.40. The van der Waals surface area contributed by atoms with Crippen molar-refractivity contribution >= 4 is 62.6 Å². The van der Waals surface area contributed by atoms with Crippen LogP contribution < -0.4 is 174 Å². The molecule has 32 nitrogen and oxygen atoms in total. The Labute approximate surface area is 437 Å². The molecule has 0 saturated heterocycles. The van der Waals surface area contributed by atoms with Gasteiger partial charge in [0.1, 0.15) is 0 Å². The summed E-state index contributed by atoms with van der Waals surface area (Å²) in [6.45, 7) is 0. The summed E-state index contributed by atoms with van der Waals surface area (Å²) in [5, 5.41) is 0. The second-order valence-electron chi connectivity index (χ2n) is 3.58. The molecule has 0 bridgehead atoms. The largest absolute Gasteiger partial charge is 4.00 e. The Morgan fingerprint density at radius 1 is 0.184 bits per heavy atom. The topological polar surface area (TPSA) is 690 Å². The van der Waals surface area contributed by atoms with Crippen LogP contribution in [0.5, 0.6) is 0 Å². The van der Waals surface area contributed by atoms with Gasteiger partial charge in [0.15, 0.2) is 0 Å². The van der Waals surface area contributed by atoms with Gasteiger partial charge in [0, 0.05) is 0 Å². The van der Waals surface area contributed by atoms with Gasteiger partial charge in [-0.3, -0.25) is 0 Å². The number of phosphoric acid groups is 8. The summed E-state index contributed by atoms with van der Waals surface area (Å²) in [6.07, 6.45) is 0. The Morgan fingerprint density at radius 2 is 0.184 bits per heavy atom. The van der Waals surface area contributed by atoms with E-state index in [-0.39, 0.29) is 229 Å². The Kier molecular flexibility index (Phi) is 124. The third-order valence-electron chi connectivity index (χ3n) is 0. The van der Waals surface area contributed by atoms with Crippen molar-refractivity contribution in [3.8, 4) is 0 Å². The van der Waals surface area contributed by atoms with Crippen molar-refractivity contribution in [2.75, 3.05) is 0 Å². The first kappa shape index (κ1) is 112. The quantitative estimate of drug-likeness (QED) is 0.160. The second kappa shape index (κ2) is 54.4. The molecule has 0 spiro atoms. The monoisotopic (exact) mass is 1340 g/mol. The Balaban J connectivity index is -0.0000000155. The van der Waals surface area contributed by atoms with Crippen molar-refractivity contribution in [1.82, 2.24) is 0 Å². The molecule has 0 heterocycles. The van der Waals surface area contributed by atoms with Gasteiger partial charge in [-0.15, -0.1) is 0 Å². The summed E-state index contributed by atoms with van der Waals surface area (Å²) >= 11 is 0. The molecule has 0 aliphatic rings. The summed E-state index contributed by atoms with van der Waals surface area (Å²) in [5.74, 6) is 0. The van der Waals surface area contributed by atoms with Gasteiger partial charge in [0.2, 0.25) is 0 Å². The van der Waals surface area contributed by atoms with E-state index in [2.05, 4.69) is 0 Å². The summed E-state index contributed by atoms with van der Waals surface area (Å²) < 4.78 is 68.4. The molecule has 0 aliphatic heterocycles. The summed E-state index contributed by atoms with van der Waals surface area (Å²) in [6, 6.07) is 0. The first-order chi connectivity index (χ1) is 16.0. The fraction of sp³-hybridized carbons (Fsp3) is 0. The normalized spacial score (nSPS) is 9.63. The maximum absolute atomic E-state index is 8.55. The third kappa shape index (κ3) is 2370. The zero-order valence-corrected chi connectivity index (χ0v) is 45.6. The van der Waals surface area contributed by atoms with Gasteiger partial charge in [-0.05, 0) is 0 Å². The van der Waals surface area contributed by atoms with Gasteiger partial charge in [-0.1, -0.05) is 0 Å². The average Bonchev–Trinajstić information content (AvgIpc) is 2.16. The van der Waals surface area contributed by atoms with Crippen LogP contribution in [0.1, 0.15) is 0 Å². The molecule has 0 radical (unpaired) electrons. The van der Waals surface area contributed by atoms with Gasteiger partial charge >= 0.3 is 229 Å². The Morgan fingerprint density at radius 3 is 0.184 bits per heavy atom. The fourth-order valence-electron chi connectivity index (χ4n) is 0. The van der Waals surface area contributed by atoms with E-state index in [1.807, 2.05) is 0 Å². The van der Waals surface area contributed by atoms with Gasteiger partial charge in [0.25, 0.3) is 0 Å². The van der Waals surface area contributed by atoms with E-state index < -0.39 is 62.6 Å². The molecule has 0 fully saturated rings. The molecule has 0 aromatic carbocycles. The van der Waals surface area contributed by atoms with Gasteiger partial charge in [-0.25, -0.2) is 0 Å². The molecule has 0 atom stereocenters. The molecule has 0 amide bonds. The zero-order valence-electron chi connectivity index (χ0n) is 22.9. The maximum Gasteiger partial charge on any atom is 4.00 e. The SMILES string of the molecule is O=P([O-])([O-])[O-].O=P([O-])([O-])[O-].O=P([O-])([O-])[O-].O=P([O-])([O-])[O-].O=P([O-])([O-])[O-].O=P([O-])([O-])[O-].O=P([O-])([O-])[O-].O=P([O-])([O-])[O-].[La+3].[La+3].[La+3].[Li+].[Li+].[Li+].[Ti+4].[Ti+4].[Ti+4]. The third-order valence-corrected chi connectivity index (χ3v) is 0. The van der Waals surface area contributed by atoms with Crippen molar-refractivity contribution in [2.24, 2.45) is 0 Å². The average molecular weight is 1340 g/mol. The second-order valence-corrected chi connectivity index (χ2v) is 10.7. The zero-order chi connectivity index (χ0) is 36.0. The van der Waals surface area contributed by atoms with Crippen LogP contribution in [0.3, 0.4) is 0 Å². The molecular formula is La3Li3O32P8Ti3. The molecule has 49 heteroatoms. The maximum atomic E-state index is 8.55. The van der Waals surface area contributed by atoms with Crippen LogP contribution in [-0.2, 0) is 102 Å². The summed E-state index contributed by atoms with van der Waals surface area (Å²) in [5.41, 5.74) is 0. The minimum Gasteiger partial charge on any atom is -0.822 e. The number of hydrogen-bond acceptors (Lipinski definition) is 32. The molecule has 49 heavy (non-hydrogen) atoms. The Bertz CT molecular complexity index is 686. The van der Waals surface area contributed by atoms with E-state index >= 15 is 0 Å². The molecule has 256 valence electrons. The number of rotatable bonds is 0. The van der Waals surface area contributed by atoms with Crippen molar-refractivity contribution in [3.63, 3.8) is 0 Å². The molecule has 0 aliphatic carbocycles. The van der Waals surface area contributed by atoms with Crippen LogP contribution in [0.4, 0.5) is 0 Å². The molecule has 0 saturated carbocycles. The molecular weight excluding hydrogens is 1340 g/mol. The molecule has 0 unspecified atom stereocenters. The predicted octanol–water partition coefficient (Wildman–Crippen LogP) is -31.6. The van der Waals surface area contributed by atoms with Crippen LogP contribution in [0.25, 0.3) is 0 Å². The smallest absolute Gasteiger partial charge is 0.822 e. The standard InChI is InChI=1S/3La.3Li.8H3O4P.3Ti/c;;;;;;8*1-5(2,3)4;;;/h;;;;;;8*(H3,1,2,3,4);;;/q3*+3;3*+1;;;;;;;;;3*+4/p-24. The van der Waals surface area contributed by atoms with E-state index in [0.717, 1.165) is 0 Å². The van der Waals surface area contributed by atoms with Crippen LogP contribution in [0.2, 0.25) is 0 Å². The van der Waals surface area contributed by atoms with Crippen molar-refractivity contribution in [3.05, 3.63) is 0 Å². The van der Waals surface area contributed by atoms with Gasteiger partial charge in [-0.2, -0.15) is 62.6 Å². The predicted molar refractivity (Wildman–Crippen MR) is 60.9 cm³/mol. The van der Waals surface area contributed by atoms with Crippen molar-refractivity contribution in [2.45, 2.75) is 0 Å². The minimum absolute atomic E-state index is 0. The van der Waals surface area contributed by atoms with Crippen LogP contribution in [-0.4, -0.2) is 0 Å². The summed E-state index contributed by atoms with van der Waals surface area (Å²) in [7, 11) is -43.1.